The molecule has 28 heavy (non-hydrogen) atoms. The van der Waals surface area contributed by atoms with Gasteiger partial charge < -0.3 is 14.4 Å². The van der Waals surface area contributed by atoms with Gasteiger partial charge in [0.25, 0.3) is 0 Å². The van der Waals surface area contributed by atoms with Crippen molar-refractivity contribution >= 4 is 17.8 Å². The van der Waals surface area contributed by atoms with Gasteiger partial charge in [-0.15, -0.1) is 0 Å². The van der Waals surface area contributed by atoms with Gasteiger partial charge in [0.1, 0.15) is 0 Å². The van der Waals surface area contributed by atoms with Crippen molar-refractivity contribution in [2.75, 3.05) is 24.6 Å². The molecule has 2 aliphatic rings. The SMILES string of the molecule is CCCCN1CCC(N(C(=O)C2(C)OC(=O)C=CC(=O)O2)n2cccc2)CC1. The van der Waals surface area contributed by atoms with E-state index >= 15 is 0 Å². The van der Waals surface area contributed by atoms with Crippen LogP contribution in [0.4, 0.5) is 0 Å². The van der Waals surface area contributed by atoms with Crippen molar-refractivity contribution in [3.63, 3.8) is 0 Å². The van der Waals surface area contributed by atoms with Gasteiger partial charge >= 0.3 is 23.6 Å². The molecule has 3 rings (SSSR count). The molecule has 1 saturated heterocycles. The number of aromatic nitrogens is 1. The molecule has 0 unspecified atom stereocenters. The van der Waals surface area contributed by atoms with E-state index in [9.17, 15) is 14.4 Å². The minimum absolute atomic E-state index is 0.0942. The molecule has 0 atom stereocenters. The van der Waals surface area contributed by atoms with E-state index in [-0.39, 0.29) is 6.04 Å². The second kappa shape index (κ2) is 8.60. The molecule has 0 N–H and O–H groups in total. The lowest BCUT2D eigenvalue weighted by atomic mass is 10.0. The van der Waals surface area contributed by atoms with Crippen molar-refractivity contribution in [3.8, 4) is 0 Å². The average molecular weight is 389 g/mol. The number of amides is 1. The van der Waals surface area contributed by atoms with Gasteiger partial charge in [0.15, 0.2) is 0 Å². The van der Waals surface area contributed by atoms with E-state index in [2.05, 4.69) is 11.8 Å². The van der Waals surface area contributed by atoms with Crippen LogP contribution >= 0.6 is 0 Å². The minimum atomic E-state index is -2.01. The summed E-state index contributed by atoms with van der Waals surface area (Å²) in [7, 11) is 0. The normalized spacial score (nSPS) is 20.4. The third-order valence-corrected chi connectivity index (χ3v) is 5.11. The van der Waals surface area contributed by atoms with Crippen LogP contribution in [0, 0.1) is 0 Å². The highest BCUT2D eigenvalue weighted by molar-refractivity contribution is 6.01. The van der Waals surface area contributed by atoms with Crippen LogP contribution in [0.3, 0.4) is 0 Å². The first-order valence-electron chi connectivity index (χ1n) is 9.76. The van der Waals surface area contributed by atoms with Gasteiger partial charge in [0.05, 0.1) is 6.04 Å². The van der Waals surface area contributed by atoms with Crippen LogP contribution in [-0.4, -0.2) is 58.9 Å². The van der Waals surface area contributed by atoms with Crippen LogP contribution in [0.25, 0.3) is 0 Å². The summed E-state index contributed by atoms with van der Waals surface area (Å²) in [6.45, 7) is 6.30. The summed E-state index contributed by atoms with van der Waals surface area (Å²) in [6, 6.07) is 3.53. The van der Waals surface area contributed by atoms with Crippen molar-refractivity contribution in [2.45, 2.75) is 51.4 Å². The van der Waals surface area contributed by atoms with Crippen LogP contribution < -0.4 is 5.01 Å². The van der Waals surface area contributed by atoms with E-state index in [0.29, 0.717) is 0 Å². The molecule has 0 aliphatic carbocycles. The molecule has 152 valence electrons. The summed E-state index contributed by atoms with van der Waals surface area (Å²) in [4.78, 5) is 39.5. The molecule has 3 heterocycles. The molecule has 1 fully saturated rings. The zero-order valence-electron chi connectivity index (χ0n) is 16.4. The van der Waals surface area contributed by atoms with Gasteiger partial charge in [-0.25, -0.2) is 14.6 Å². The van der Waals surface area contributed by atoms with Crippen LogP contribution in [0.5, 0.6) is 0 Å². The topological polar surface area (TPSA) is 81.1 Å². The Morgan fingerprint density at radius 3 is 2.25 bits per heavy atom. The first-order chi connectivity index (χ1) is 13.4. The van der Waals surface area contributed by atoms with Crippen molar-refractivity contribution in [2.24, 2.45) is 0 Å². The van der Waals surface area contributed by atoms with E-state index < -0.39 is 23.6 Å². The summed E-state index contributed by atoms with van der Waals surface area (Å²) in [6.07, 6.45) is 9.30. The van der Waals surface area contributed by atoms with Crippen LogP contribution in [-0.2, 0) is 23.9 Å². The average Bonchev–Trinajstić information content (AvgIpc) is 3.15. The Morgan fingerprint density at radius 1 is 1.14 bits per heavy atom. The van der Waals surface area contributed by atoms with Gasteiger partial charge in [-0.3, -0.25) is 9.47 Å². The van der Waals surface area contributed by atoms with Gasteiger partial charge in [0, 0.05) is 44.6 Å². The molecular weight excluding hydrogens is 362 g/mol. The molecule has 1 amide bonds. The molecule has 1 aromatic rings. The molecule has 0 radical (unpaired) electrons. The standard InChI is InChI=1S/C20H27N3O5/c1-3-4-11-21-14-9-16(10-15-21)23(22-12-5-6-13-22)19(26)20(2)27-17(24)7-8-18(25)28-20/h5-8,12-13,16H,3-4,9-11,14-15H2,1-2H3. The molecule has 8 nitrogen and oxygen atoms in total. The minimum Gasteiger partial charge on any atom is -0.410 e. The predicted molar refractivity (Wildman–Crippen MR) is 102 cm³/mol. The molecule has 1 aromatic heterocycles. The Morgan fingerprint density at radius 2 is 1.71 bits per heavy atom. The van der Waals surface area contributed by atoms with Gasteiger partial charge in [-0.05, 0) is 37.9 Å². The lowest BCUT2D eigenvalue weighted by molar-refractivity contribution is -0.214. The number of hydrogen-bond donors (Lipinski definition) is 0. The number of likely N-dealkylation sites (tertiary alicyclic amines) is 1. The molecule has 0 aromatic carbocycles. The summed E-state index contributed by atoms with van der Waals surface area (Å²) in [5.41, 5.74) is 0. The van der Waals surface area contributed by atoms with Gasteiger partial charge in [-0.1, -0.05) is 13.3 Å². The zero-order valence-corrected chi connectivity index (χ0v) is 16.4. The van der Waals surface area contributed by atoms with Gasteiger partial charge in [0.2, 0.25) is 0 Å². The molecule has 2 aliphatic heterocycles. The quantitative estimate of drug-likeness (QED) is 0.688. The van der Waals surface area contributed by atoms with Crippen LogP contribution in [0.1, 0.15) is 39.5 Å². The highest BCUT2D eigenvalue weighted by Crippen LogP contribution is 2.24. The highest BCUT2D eigenvalue weighted by atomic mass is 16.7. The number of ether oxygens (including phenoxy) is 2. The predicted octanol–water partition coefficient (Wildman–Crippen LogP) is 1.59. The van der Waals surface area contributed by atoms with Crippen molar-refractivity contribution in [3.05, 3.63) is 36.7 Å². The maximum absolute atomic E-state index is 13.4. The first-order valence-corrected chi connectivity index (χ1v) is 9.76. The van der Waals surface area contributed by atoms with E-state index in [1.807, 2.05) is 12.1 Å². The number of carbonyl (C=O) groups is 3. The van der Waals surface area contributed by atoms with E-state index in [0.717, 1.165) is 57.5 Å². The van der Waals surface area contributed by atoms with E-state index in [4.69, 9.17) is 9.47 Å². The maximum atomic E-state index is 13.4. The number of hydrogen-bond acceptors (Lipinski definition) is 6. The second-order valence-corrected chi connectivity index (χ2v) is 7.26. The number of carbonyl (C=O) groups excluding carboxylic acids is 3. The molecule has 0 saturated carbocycles. The maximum Gasteiger partial charge on any atom is 0.335 e. The Balaban J connectivity index is 1.80. The molecule has 8 heteroatoms. The summed E-state index contributed by atoms with van der Waals surface area (Å²) in [5, 5.41) is 1.54. The third-order valence-electron chi connectivity index (χ3n) is 5.11. The van der Waals surface area contributed by atoms with Crippen LogP contribution in [0.15, 0.2) is 36.7 Å². The highest BCUT2D eigenvalue weighted by Gasteiger charge is 2.48. The summed E-state index contributed by atoms with van der Waals surface area (Å²) >= 11 is 0. The number of piperidine rings is 1. The molecule has 0 spiro atoms. The van der Waals surface area contributed by atoms with E-state index in [1.165, 1.54) is 6.92 Å². The lowest BCUT2D eigenvalue weighted by Gasteiger charge is -2.41. The monoisotopic (exact) mass is 389 g/mol. The number of rotatable bonds is 6. The molecular formula is C20H27N3O5. The van der Waals surface area contributed by atoms with Crippen LogP contribution in [0.2, 0.25) is 0 Å². The Hall–Kier alpha value is -2.61. The number of cyclic esters (lactones) is 2. The second-order valence-electron chi connectivity index (χ2n) is 7.26. The zero-order chi connectivity index (χ0) is 20.1. The number of esters is 2. The lowest BCUT2D eigenvalue weighted by Crippen LogP contribution is -2.60. The fraction of sp³-hybridized carbons (Fsp3) is 0.550. The Kier molecular flexibility index (Phi) is 6.18. The summed E-state index contributed by atoms with van der Waals surface area (Å²) in [5.74, 6) is -4.17. The Bertz CT molecular complexity index is 715. The van der Waals surface area contributed by atoms with Crippen molar-refractivity contribution in [1.82, 2.24) is 9.58 Å². The summed E-state index contributed by atoms with van der Waals surface area (Å²) < 4.78 is 12.0. The van der Waals surface area contributed by atoms with E-state index in [1.54, 1.807) is 22.1 Å². The largest absolute Gasteiger partial charge is 0.410 e. The number of nitrogens with zero attached hydrogens (tertiary/aromatic N) is 3. The fourth-order valence-electron chi connectivity index (χ4n) is 3.60. The fourth-order valence-corrected chi connectivity index (χ4v) is 3.60. The molecule has 0 bridgehead atoms. The first kappa shape index (κ1) is 20.1. The number of unbranched alkanes of at least 4 members (excludes halogenated alkanes) is 1. The Labute approximate surface area is 164 Å². The third kappa shape index (κ3) is 4.44. The van der Waals surface area contributed by atoms with Gasteiger partial charge in [-0.2, -0.15) is 0 Å². The van der Waals surface area contributed by atoms with Crippen molar-refractivity contribution < 1.29 is 23.9 Å². The smallest absolute Gasteiger partial charge is 0.335 e. The van der Waals surface area contributed by atoms with Crippen molar-refractivity contribution in [1.29, 1.82) is 0 Å².